The van der Waals surface area contributed by atoms with E-state index in [2.05, 4.69) is 25.6 Å². The Morgan fingerprint density at radius 1 is 1.19 bits per heavy atom. The van der Waals surface area contributed by atoms with Gasteiger partial charge in [-0.25, -0.2) is 8.78 Å². The molecule has 0 saturated carbocycles. The van der Waals surface area contributed by atoms with Crippen LogP contribution >= 0.6 is 0 Å². The molecule has 1 amide bonds. The van der Waals surface area contributed by atoms with Crippen molar-refractivity contribution < 1.29 is 18.4 Å². The fraction of sp³-hybridized carbons (Fsp3) is 0.600. The summed E-state index contributed by atoms with van der Waals surface area (Å²) in [6.45, 7) is 8.34. The molecular weight excluding hydrogens is 482 g/mol. The number of amides is 1. The fourth-order valence-electron chi connectivity index (χ4n) is 5.15. The molecule has 3 aliphatic heterocycles. The molecule has 2 saturated heterocycles. The maximum atomic E-state index is 15.3. The molecule has 3 heterocycles. The van der Waals surface area contributed by atoms with Crippen molar-refractivity contribution in [1.82, 2.24) is 15.1 Å². The van der Waals surface area contributed by atoms with Crippen LogP contribution < -0.4 is 16.0 Å². The molecular formula is C25H36F2N8O2. The van der Waals surface area contributed by atoms with Gasteiger partial charge in [0.05, 0.1) is 12.3 Å². The number of benzene rings is 1. The Hall–Kier alpha value is -3.44. The predicted molar refractivity (Wildman–Crippen MR) is 140 cm³/mol. The van der Waals surface area contributed by atoms with E-state index in [4.69, 9.17) is 10.6 Å². The van der Waals surface area contributed by atoms with Crippen LogP contribution in [0, 0.1) is 11.6 Å². The highest BCUT2D eigenvalue weighted by molar-refractivity contribution is 6.01. The Morgan fingerprint density at radius 2 is 1.84 bits per heavy atom. The molecule has 4 rings (SSSR count). The zero-order valence-corrected chi connectivity index (χ0v) is 21.7. The van der Waals surface area contributed by atoms with Crippen LogP contribution in [0.1, 0.15) is 52.0 Å². The van der Waals surface area contributed by atoms with Crippen molar-refractivity contribution in [2.24, 2.45) is 21.1 Å². The van der Waals surface area contributed by atoms with Gasteiger partial charge in [0.2, 0.25) is 11.9 Å². The van der Waals surface area contributed by atoms with E-state index in [0.717, 1.165) is 25.9 Å². The lowest BCUT2D eigenvalue weighted by Crippen LogP contribution is -2.60. The lowest BCUT2D eigenvalue weighted by atomic mass is 10.0. The van der Waals surface area contributed by atoms with Crippen LogP contribution in [0.25, 0.3) is 0 Å². The molecule has 3 atom stereocenters. The van der Waals surface area contributed by atoms with Crippen molar-refractivity contribution in [1.29, 1.82) is 0 Å². The number of likely N-dealkylation sites (tertiary alicyclic amines) is 1. The standard InChI is InChI=1S/C25H36F2N8O2/c1-16-13-34(25(28)31-30-15-33-7-5-4-6-8-33)14-17(2)35(16)24-21(26)9-19(10-22(24)27)23-11-20(37-32-23)12-29-18(3)36/h9-10,15-17,20H,4-8,11-14H2,1-3H3,(H2,28,31)(H,29,36)/b30-15-. The van der Waals surface area contributed by atoms with E-state index < -0.39 is 11.6 Å². The van der Waals surface area contributed by atoms with Crippen molar-refractivity contribution in [2.45, 2.75) is 64.6 Å². The first kappa shape index (κ1) is 26.6. The topological polar surface area (TPSA) is 111 Å². The molecule has 3 aliphatic rings. The second-order valence-corrected chi connectivity index (χ2v) is 9.99. The van der Waals surface area contributed by atoms with Crippen LogP contribution in [-0.4, -0.2) is 84.6 Å². The van der Waals surface area contributed by atoms with Crippen molar-refractivity contribution in [3.05, 3.63) is 29.3 Å². The molecule has 0 aliphatic carbocycles. The zero-order chi connectivity index (χ0) is 26.5. The number of hydrogen-bond donors (Lipinski definition) is 2. The summed E-state index contributed by atoms with van der Waals surface area (Å²) in [5, 5.41) is 14.9. The number of rotatable bonds is 6. The van der Waals surface area contributed by atoms with Gasteiger partial charge >= 0.3 is 0 Å². The molecule has 37 heavy (non-hydrogen) atoms. The molecule has 0 spiro atoms. The second kappa shape index (κ2) is 11.7. The van der Waals surface area contributed by atoms with Gasteiger partial charge in [-0.15, -0.1) is 10.2 Å². The highest BCUT2D eigenvalue weighted by Gasteiger charge is 2.34. The summed E-state index contributed by atoms with van der Waals surface area (Å²) in [6, 6.07) is 2.12. The van der Waals surface area contributed by atoms with Crippen LogP contribution in [0.3, 0.4) is 0 Å². The van der Waals surface area contributed by atoms with Gasteiger partial charge in [-0.3, -0.25) is 4.79 Å². The Labute approximate surface area is 216 Å². The summed E-state index contributed by atoms with van der Waals surface area (Å²) < 4.78 is 30.7. The molecule has 202 valence electrons. The molecule has 1 aromatic carbocycles. The third kappa shape index (κ3) is 6.47. The summed E-state index contributed by atoms with van der Waals surface area (Å²) in [5.41, 5.74) is 6.90. The molecule has 0 radical (unpaired) electrons. The zero-order valence-electron chi connectivity index (χ0n) is 21.7. The van der Waals surface area contributed by atoms with Gasteiger partial charge < -0.3 is 30.6 Å². The first-order valence-electron chi connectivity index (χ1n) is 12.8. The molecule has 3 unspecified atom stereocenters. The van der Waals surface area contributed by atoms with Gasteiger partial charge in [-0.2, -0.15) is 0 Å². The molecule has 0 bridgehead atoms. The van der Waals surface area contributed by atoms with Gasteiger partial charge in [-0.05, 0) is 45.2 Å². The third-order valence-electron chi connectivity index (χ3n) is 6.93. The van der Waals surface area contributed by atoms with Gasteiger partial charge in [0.1, 0.15) is 29.8 Å². The van der Waals surface area contributed by atoms with Crippen LogP contribution in [-0.2, 0) is 9.63 Å². The average molecular weight is 519 g/mol. The maximum absolute atomic E-state index is 15.3. The predicted octanol–water partition coefficient (Wildman–Crippen LogP) is 2.24. The number of nitrogens with zero attached hydrogens (tertiary/aromatic N) is 6. The highest BCUT2D eigenvalue weighted by Crippen LogP contribution is 2.32. The second-order valence-electron chi connectivity index (χ2n) is 9.99. The number of hydrogen-bond acceptors (Lipinski definition) is 6. The summed E-state index contributed by atoms with van der Waals surface area (Å²) in [6.07, 6.45) is 5.25. The number of nitrogens with one attached hydrogen (secondary N) is 1. The number of piperazine rings is 1. The molecule has 10 nitrogen and oxygen atoms in total. The van der Waals surface area contributed by atoms with Crippen molar-refractivity contribution >= 4 is 29.6 Å². The van der Waals surface area contributed by atoms with E-state index in [1.807, 2.05) is 18.7 Å². The Kier molecular flexibility index (Phi) is 8.45. The number of halogens is 2. The summed E-state index contributed by atoms with van der Waals surface area (Å²) in [4.78, 5) is 22.2. The lowest BCUT2D eigenvalue weighted by Gasteiger charge is -2.46. The van der Waals surface area contributed by atoms with Crippen LogP contribution in [0.4, 0.5) is 14.5 Å². The van der Waals surface area contributed by atoms with Crippen molar-refractivity contribution in [2.75, 3.05) is 37.6 Å². The number of carbonyl (C=O) groups is 1. The highest BCUT2D eigenvalue weighted by atomic mass is 19.1. The number of guanidine groups is 1. The first-order valence-corrected chi connectivity index (χ1v) is 12.8. The minimum Gasteiger partial charge on any atom is -0.390 e. The maximum Gasteiger partial charge on any atom is 0.217 e. The summed E-state index contributed by atoms with van der Waals surface area (Å²) in [5.74, 6) is -1.22. The molecule has 1 aromatic rings. The monoisotopic (exact) mass is 518 g/mol. The molecule has 0 aromatic heterocycles. The number of carbonyl (C=O) groups excluding carboxylic acids is 1. The van der Waals surface area contributed by atoms with Crippen molar-refractivity contribution in [3.8, 4) is 0 Å². The number of anilines is 1. The Morgan fingerprint density at radius 3 is 2.46 bits per heavy atom. The van der Waals surface area contributed by atoms with E-state index in [9.17, 15) is 4.79 Å². The summed E-state index contributed by atoms with van der Waals surface area (Å²) in [7, 11) is 0. The lowest BCUT2D eigenvalue weighted by molar-refractivity contribution is -0.119. The number of nitrogens with two attached hydrogens (primary N) is 1. The SMILES string of the molecule is CC(=O)NCC1CC(c2cc(F)c(N3C(C)CN(/C(N)=N/N=C\N4CCCCC4)CC3C)c(F)c2)=NO1. The van der Waals surface area contributed by atoms with E-state index in [1.165, 1.54) is 25.5 Å². The van der Waals surface area contributed by atoms with E-state index >= 15 is 8.78 Å². The largest absolute Gasteiger partial charge is 0.390 e. The fourth-order valence-corrected chi connectivity index (χ4v) is 5.15. The average Bonchev–Trinajstić information content (AvgIpc) is 3.33. The smallest absolute Gasteiger partial charge is 0.217 e. The first-order chi connectivity index (χ1) is 17.7. The van der Waals surface area contributed by atoms with Crippen LogP contribution in [0.15, 0.2) is 27.5 Å². The minimum absolute atomic E-state index is 0.0728. The van der Waals surface area contributed by atoms with E-state index in [-0.39, 0.29) is 42.3 Å². The van der Waals surface area contributed by atoms with E-state index in [1.54, 1.807) is 11.2 Å². The third-order valence-corrected chi connectivity index (χ3v) is 6.93. The van der Waals surface area contributed by atoms with Crippen LogP contribution in [0.2, 0.25) is 0 Å². The Bertz CT molecular complexity index is 1040. The number of piperidine rings is 1. The minimum atomic E-state index is -0.664. The molecule has 3 N–H and O–H groups in total. The van der Waals surface area contributed by atoms with Crippen LogP contribution in [0.5, 0.6) is 0 Å². The molecule has 12 heteroatoms. The van der Waals surface area contributed by atoms with Gasteiger partial charge in [0, 0.05) is 57.2 Å². The Balaban J connectivity index is 1.41. The van der Waals surface area contributed by atoms with Gasteiger partial charge in [0.15, 0.2) is 0 Å². The van der Waals surface area contributed by atoms with Gasteiger partial charge in [0.25, 0.3) is 0 Å². The summed E-state index contributed by atoms with van der Waals surface area (Å²) >= 11 is 0. The number of oxime groups is 1. The normalized spacial score (nSPS) is 24.9. The molecule has 2 fully saturated rings. The quantitative estimate of drug-likeness (QED) is 0.340. The van der Waals surface area contributed by atoms with E-state index in [0.29, 0.717) is 30.8 Å². The van der Waals surface area contributed by atoms with Gasteiger partial charge in [-0.1, -0.05) is 5.16 Å². The van der Waals surface area contributed by atoms with Crippen molar-refractivity contribution in [3.63, 3.8) is 0 Å².